The van der Waals surface area contributed by atoms with Crippen molar-refractivity contribution in [2.75, 3.05) is 0 Å². The smallest absolute Gasteiger partial charge is 0.144 e. The van der Waals surface area contributed by atoms with Gasteiger partial charge in [0, 0.05) is 10.6 Å². The van der Waals surface area contributed by atoms with Gasteiger partial charge in [-0.25, -0.2) is 0 Å². The minimum absolute atomic E-state index is 0.336. The standard InChI is InChI=1S/C11H14ClNOS/c1-11(2,3)15(14)13-8-9-6-4-5-7-10(9)12/h4-8H,1-3H3/b13-8-. The van der Waals surface area contributed by atoms with Gasteiger partial charge in [0.05, 0.1) is 6.21 Å². The average Bonchev–Trinajstić information content (AvgIpc) is 2.14. The summed E-state index contributed by atoms with van der Waals surface area (Å²) < 4.78 is 15.3. The van der Waals surface area contributed by atoms with Gasteiger partial charge in [0.2, 0.25) is 0 Å². The predicted molar refractivity (Wildman–Crippen MR) is 66.9 cm³/mol. The predicted octanol–water partition coefficient (Wildman–Crippen LogP) is 3.22. The molecule has 1 aromatic carbocycles. The van der Waals surface area contributed by atoms with Crippen molar-refractivity contribution in [3.8, 4) is 0 Å². The van der Waals surface area contributed by atoms with E-state index in [0.717, 1.165) is 5.56 Å². The van der Waals surface area contributed by atoms with Crippen molar-refractivity contribution in [2.45, 2.75) is 25.5 Å². The Bertz CT molecular complexity index is 360. The molecule has 0 aliphatic carbocycles. The summed E-state index contributed by atoms with van der Waals surface area (Å²) in [7, 11) is 0. The van der Waals surface area contributed by atoms with E-state index in [1.54, 1.807) is 12.3 Å². The Morgan fingerprint density at radius 2 is 1.93 bits per heavy atom. The molecule has 0 N–H and O–H groups in total. The van der Waals surface area contributed by atoms with Gasteiger partial charge in [-0.15, -0.1) is 0 Å². The van der Waals surface area contributed by atoms with Crippen LogP contribution in [0, 0.1) is 0 Å². The van der Waals surface area contributed by atoms with Crippen molar-refractivity contribution in [1.29, 1.82) is 0 Å². The van der Waals surface area contributed by atoms with E-state index in [1.165, 1.54) is 0 Å². The van der Waals surface area contributed by atoms with E-state index in [4.69, 9.17) is 11.6 Å². The molecule has 0 radical (unpaired) electrons. The maximum Gasteiger partial charge on any atom is 0.144 e. The fraction of sp³-hybridized carbons (Fsp3) is 0.364. The largest absolute Gasteiger partial charge is 0.591 e. The van der Waals surface area contributed by atoms with Gasteiger partial charge in [0.15, 0.2) is 0 Å². The SMILES string of the molecule is CC(C)(C)[S+]([O-])/N=C\c1ccccc1Cl. The lowest BCUT2D eigenvalue weighted by molar-refractivity contribution is 0.562. The summed E-state index contributed by atoms with van der Waals surface area (Å²) in [6, 6.07) is 7.34. The van der Waals surface area contributed by atoms with Crippen LogP contribution in [0.15, 0.2) is 28.7 Å². The highest BCUT2D eigenvalue weighted by Gasteiger charge is 2.25. The van der Waals surface area contributed by atoms with E-state index in [9.17, 15) is 4.55 Å². The van der Waals surface area contributed by atoms with Crippen LogP contribution >= 0.6 is 11.6 Å². The monoisotopic (exact) mass is 243 g/mol. The highest BCUT2D eigenvalue weighted by Crippen LogP contribution is 2.18. The molecule has 1 rings (SSSR count). The summed E-state index contributed by atoms with van der Waals surface area (Å²) in [4.78, 5) is 0. The van der Waals surface area contributed by atoms with Gasteiger partial charge in [0.25, 0.3) is 0 Å². The number of halogens is 1. The molecule has 0 aromatic heterocycles. The Balaban J connectivity index is 2.79. The van der Waals surface area contributed by atoms with E-state index in [0.29, 0.717) is 5.02 Å². The first-order valence-corrected chi connectivity index (χ1v) is 6.10. The molecule has 0 fully saturated rings. The fourth-order valence-corrected chi connectivity index (χ4v) is 1.55. The molecule has 0 saturated heterocycles. The molecule has 0 aliphatic rings. The first kappa shape index (κ1) is 12.6. The maximum atomic E-state index is 11.6. The van der Waals surface area contributed by atoms with Gasteiger partial charge in [-0.05, 0) is 26.8 Å². The number of hydrogen-bond donors (Lipinski definition) is 0. The molecular weight excluding hydrogens is 230 g/mol. The number of benzene rings is 1. The molecule has 15 heavy (non-hydrogen) atoms. The van der Waals surface area contributed by atoms with Gasteiger partial charge in [-0.3, -0.25) is 0 Å². The van der Waals surface area contributed by atoms with Crippen LogP contribution in [0.1, 0.15) is 26.3 Å². The molecule has 0 spiro atoms. The molecule has 1 aromatic rings. The summed E-state index contributed by atoms with van der Waals surface area (Å²) in [5.41, 5.74) is 0.789. The Morgan fingerprint density at radius 1 is 1.33 bits per heavy atom. The van der Waals surface area contributed by atoms with Gasteiger partial charge < -0.3 is 4.55 Å². The highest BCUT2D eigenvalue weighted by atomic mass is 35.5. The Morgan fingerprint density at radius 3 is 2.47 bits per heavy atom. The molecule has 1 atom stereocenters. The lowest BCUT2D eigenvalue weighted by Crippen LogP contribution is -2.25. The second-order valence-corrected chi connectivity index (χ2v) is 6.46. The maximum absolute atomic E-state index is 11.6. The number of rotatable bonds is 2. The lowest BCUT2D eigenvalue weighted by atomic mass is 10.2. The molecule has 0 bridgehead atoms. The minimum Gasteiger partial charge on any atom is -0.591 e. The Kier molecular flexibility index (Phi) is 4.20. The van der Waals surface area contributed by atoms with Crippen molar-refractivity contribution in [3.63, 3.8) is 0 Å². The second kappa shape index (κ2) is 5.01. The molecule has 82 valence electrons. The summed E-state index contributed by atoms with van der Waals surface area (Å²) in [6.45, 7) is 5.65. The normalized spacial score (nSPS) is 14.5. The molecular formula is C11H14ClNOS. The second-order valence-electron chi connectivity index (χ2n) is 4.12. The highest BCUT2D eigenvalue weighted by molar-refractivity contribution is 7.91. The van der Waals surface area contributed by atoms with Crippen molar-refractivity contribution in [3.05, 3.63) is 34.9 Å². The van der Waals surface area contributed by atoms with Crippen molar-refractivity contribution >= 4 is 29.2 Å². The molecule has 1 unspecified atom stereocenters. The first-order chi connectivity index (χ1) is 6.91. The summed E-state index contributed by atoms with van der Waals surface area (Å²) in [5.74, 6) is 0. The van der Waals surface area contributed by atoms with E-state index in [-0.39, 0.29) is 4.75 Å². The van der Waals surface area contributed by atoms with E-state index >= 15 is 0 Å². The van der Waals surface area contributed by atoms with Crippen LogP contribution in [0.3, 0.4) is 0 Å². The quantitative estimate of drug-likeness (QED) is 0.580. The van der Waals surface area contributed by atoms with Crippen LogP contribution in [-0.4, -0.2) is 15.5 Å². The Labute approximate surface area is 98.7 Å². The van der Waals surface area contributed by atoms with Crippen LogP contribution in [0.5, 0.6) is 0 Å². The molecule has 0 heterocycles. The third-order valence-electron chi connectivity index (χ3n) is 1.72. The summed E-state index contributed by atoms with van der Waals surface area (Å²) in [6.07, 6.45) is 1.56. The van der Waals surface area contributed by atoms with Gasteiger partial charge in [-0.2, -0.15) is 0 Å². The van der Waals surface area contributed by atoms with Crippen LogP contribution in [-0.2, 0) is 11.4 Å². The third-order valence-corrected chi connectivity index (χ3v) is 3.41. The zero-order valence-electron chi connectivity index (χ0n) is 9.03. The first-order valence-electron chi connectivity index (χ1n) is 4.62. The van der Waals surface area contributed by atoms with Crippen LogP contribution in [0.25, 0.3) is 0 Å². The van der Waals surface area contributed by atoms with Crippen molar-refractivity contribution in [1.82, 2.24) is 0 Å². The third kappa shape index (κ3) is 3.86. The van der Waals surface area contributed by atoms with E-state index in [2.05, 4.69) is 4.40 Å². The van der Waals surface area contributed by atoms with Crippen LogP contribution in [0.2, 0.25) is 5.02 Å². The van der Waals surface area contributed by atoms with Crippen molar-refractivity contribution in [2.24, 2.45) is 4.40 Å². The summed E-state index contributed by atoms with van der Waals surface area (Å²) in [5, 5.41) is 0.618. The molecule has 2 nitrogen and oxygen atoms in total. The molecule has 0 saturated carbocycles. The lowest BCUT2D eigenvalue weighted by Gasteiger charge is -2.17. The molecule has 0 aliphatic heterocycles. The van der Waals surface area contributed by atoms with Gasteiger partial charge >= 0.3 is 0 Å². The molecule has 4 heteroatoms. The topological polar surface area (TPSA) is 35.4 Å². The zero-order chi connectivity index (χ0) is 11.5. The van der Waals surface area contributed by atoms with E-state index < -0.39 is 11.4 Å². The van der Waals surface area contributed by atoms with Crippen LogP contribution in [0.4, 0.5) is 0 Å². The van der Waals surface area contributed by atoms with E-state index in [1.807, 2.05) is 39.0 Å². The van der Waals surface area contributed by atoms with Crippen LogP contribution < -0.4 is 0 Å². The minimum atomic E-state index is -1.24. The summed E-state index contributed by atoms with van der Waals surface area (Å²) >= 11 is 4.70. The van der Waals surface area contributed by atoms with Gasteiger partial charge in [-0.1, -0.05) is 34.2 Å². The Hall–Kier alpha value is -0.510. The zero-order valence-corrected chi connectivity index (χ0v) is 10.6. The number of nitrogens with zero attached hydrogens (tertiary/aromatic N) is 1. The number of hydrogen-bond acceptors (Lipinski definition) is 2. The van der Waals surface area contributed by atoms with Gasteiger partial charge in [0.1, 0.15) is 16.1 Å². The fourth-order valence-electron chi connectivity index (χ4n) is 0.843. The average molecular weight is 244 g/mol. The van der Waals surface area contributed by atoms with Crippen molar-refractivity contribution < 1.29 is 4.55 Å². The molecule has 0 amide bonds.